The van der Waals surface area contributed by atoms with E-state index in [-0.39, 0.29) is 17.9 Å². The molecule has 1 N–H and O–H groups in total. The number of piperazine rings is 1. The lowest BCUT2D eigenvalue weighted by Crippen LogP contribution is -2.68. The third-order valence-electron chi connectivity index (χ3n) is 3.24. The molecule has 5 nitrogen and oxygen atoms in total. The van der Waals surface area contributed by atoms with E-state index in [2.05, 4.69) is 11.9 Å². The van der Waals surface area contributed by atoms with Gasteiger partial charge in [0, 0.05) is 6.54 Å². The van der Waals surface area contributed by atoms with Gasteiger partial charge in [0.05, 0.1) is 13.2 Å². The number of ether oxygens (including phenoxy) is 1. The number of hydrogen-bond donors (Lipinski definition) is 1. The summed E-state index contributed by atoms with van der Waals surface area (Å²) >= 11 is 0. The molecule has 1 atom stereocenters. The first kappa shape index (κ1) is 15.7. The Hall–Kier alpha value is -1.36. The van der Waals surface area contributed by atoms with E-state index >= 15 is 0 Å². The standard InChI is InChI=1S/C14H24N2O3/c1-5-7-9-19-10-8-16-11(6-2)12(17)15-14(3,4)13(16)18/h5,11H,1,6-10H2,2-4H3,(H,15,17). The van der Waals surface area contributed by atoms with Crippen LogP contribution in [0.5, 0.6) is 0 Å². The van der Waals surface area contributed by atoms with Crippen LogP contribution in [-0.4, -0.2) is 48.1 Å². The Morgan fingerprint density at radius 2 is 2.11 bits per heavy atom. The molecular weight excluding hydrogens is 244 g/mol. The summed E-state index contributed by atoms with van der Waals surface area (Å²) in [5.41, 5.74) is -0.829. The number of amides is 2. The van der Waals surface area contributed by atoms with E-state index in [9.17, 15) is 9.59 Å². The maximum absolute atomic E-state index is 12.3. The molecule has 1 rings (SSSR count). The number of nitrogens with one attached hydrogen (secondary N) is 1. The Kier molecular flexibility index (Phi) is 5.54. The van der Waals surface area contributed by atoms with Crippen molar-refractivity contribution in [2.24, 2.45) is 0 Å². The van der Waals surface area contributed by atoms with Gasteiger partial charge in [-0.2, -0.15) is 0 Å². The predicted octanol–water partition coefficient (Wildman–Crippen LogP) is 1.09. The normalized spacial score (nSPS) is 22.3. The van der Waals surface area contributed by atoms with Crippen LogP contribution in [0.15, 0.2) is 12.7 Å². The Labute approximate surface area is 115 Å². The van der Waals surface area contributed by atoms with Gasteiger partial charge in [0.25, 0.3) is 0 Å². The maximum atomic E-state index is 12.3. The molecule has 0 aliphatic carbocycles. The molecule has 19 heavy (non-hydrogen) atoms. The Morgan fingerprint density at radius 3 is 2.68 bits per heavy atom. The molecule has 0 aromatic rings. The average molecular weight is 268 g/mol. The second-order valence-corrected chi connectivity index (χ2v) is 5.23. The molecule has 1 aliphatic rings. The number of nitrogens with zero attached hydrogens (tertiary/aromatic N) is 1. The van der Waals surface area contributed by atoms with Crippen molar-refractivity contribution in [3.63, 3.8) is 0 Å². The first-order valence-corrected chi connectivity index (χ1v) is 6.75. The minimum atomic E-state index is -0.829. The molecular formula is C14H24N2O3. The molecule has 0 spiro atoms. The van der Waals surface area contributed by atoms with Gasteiger partial charge >= 0.3 is 0 Å². The number of carbonyl (C=O) groups excluding carboxylic acids is 2. The first-order valence-electron chi connectivity index (χ1n) is 6.75. The van der Waals surface area contributed by atoms with Crippen LogP contribution in [0.2, 0.25) is 0 Å². The molecule has 2 amide bonds. The Balaban J connectivity index is 2.61. The highest BCUT2D eigenvalue weighted by Gasteiger charge is 2.44. The van der Waals surface area contributed by atoms with Crippen LogP contribution < -0.4 is 5.32 Å². The van der Waals surface area contributed by atoms with E-state index in [4.69, 9.17) is 4.74 Å². The minimum Gasteiger partial charge on any atom is -0.379 e. The fraction of sp³-hybridized carbons (Fsp3) is 0.714. The van der Waals surface area contributed by atoms with Gasteiger partial charge in [-0.15, -0.1) is 6.58 Å². The van der Waals surface area contributed by atoms with Crippen molar-refractivity contribution in [3.8, 4) is 0 Å². The van der Waals surface area contributed by atoms with Crippen molar-refractivity contribution >= 4 is 11.8 Å². The molecule has 1 saturated heterocycles. The molecule has 0 aromatic heterocycles. The van der Waals surface area contributed by atoms with Crippen LogP contribution in [0.3, 0.4) is 0 Å². The van der Waals surface area contributed by atoms with Crippen molar-refractivity contribution in [1.82, 2.24) is 10.2 Å². The molecule has 1 unspecified atom stereocenters. The van der Waals surface area contributed by atoms with E-state index in [0.29, 0.717) is 26.2 Å². The SMILES string of the molecule is C=CCCOCCN1C(=O)C(C)(C)NC(=O)C1CC. The predicted molar refractivity (Wildman–Crippen MR) is 73.6 cm³/mol. The summed E-state index contributed by atoms with van der Waals surface area (Å²) in [6.07, 6.45) is 3.19. The molecule has 1 fully saturated rings. The topological polar surface area (TPSA) is 58.6 Å². The number of carbonyl (C=O) groups is 2. The third kappa shape index (κ3) is 3.80. The van der Waals surface area contributed by atoms with E-state index in [0.717, 1.165) is 6.42 Å². The highest BCUT2D eigenvalue weighted by Crippen LogP contribution is 2.19. The van der Waals surface area contributed by atoms with Crippen molar-refractivity contribution in [2.75, 3.05) is 19.8 Å². The van der Waals surface area contributed by atoms with Crippen molar-refractivity contribution in [1.29, 1.82) is 0 Å². The quantitative estimate of drug-likeness (QED) is 0.555. The summed E-state index contributed by atoms with van der Waals surface area (Å²) in [6, 6.07) is -0.386. The molecule has 5 heteroatoms. The van der Waals surface area contributed by atoms with Crippen LogP contribution in [-0.2, 0) is 14.3 Å². The molecule has 0 aromatic carbocycles. The van der Waals surface area contributed by atoms with Crippen molar-refractivity contribution in [3.05, 3.63) is 12.7 Å². The van der Waals surface area contributed by atoms with E-state index in [1.54, 1.807) is 24.8 Å². The van der Waals surface area contributed by atoms with Gasteiger partial charge in [-0.25, -0.2) is 0 Å². The van der Waals surface area contributed by atoms with Crippen molar-refractivity contribution < 1.29 is 14.3 Å². The zero-order valence-corrected chi connectivity index (χ0v) is 12.1. The number of rotatable bonds is 7. The van der Waals surface area contributed by atoms with E-state index in [1.807, 2.05) is 6.92 Å². The highest BCUT2D eigenvalue weighted by molar-refractivity contribution is 5.99. The van der Waals surface area contributed by atoms with E-state index < -0.39 is 5.54 Å². The van der Waals surface area contributed by atoms with Crippen LogP contribution in [0, 0.1) is 0 Å². The van der Waals surface area contributed by atoms with Gasteiger partial charge in [-0.3, -0.25) is 9.59 Å². The number of hydrogen-bond acceptors (Lipinski definition) is 3. The smallest absolute Gasteiger partial charge is 0.248 e. The summed E-state index contributed by atoms with van der Waals surface area (Å²) in [7, 11) is 0. The summed E-state index contributed by atoms with van der Waals surface area (Å²) in [5.74, 6) is -0.135. The average Bonchev–Trinajstić information content (AvgIpc) is 2.34. The molecule has 0 radical (unpaired) electrons. The summed E-state index contributed by atoms with van der Waals surface area (Å²) in [6.45, 7) is 10.5. The maximum Gasteiger partial charge on any atom is 0.248 e. The molecule has 0 saturated carbocycles. The summed E-state index contributed by atoms with van der Waals surface area (Å²) in [4.78, 5) is 25.9. The Morgan fingerprint density at radius 1 is 1.42 bits per heavy atom. The molecule has 1 heterocycles. The first-order chi connectivity index (χ1) is 8.94. The minimum absolute atomic E-state index is 0.0497. The zero-order chi connectivity index (χ0) is 14.5. The van der Waals surface area contributed by atoms with Gasteiger partial charge < -0.3 is 15.0 Å². The van der Waals surface area contributed by atoms with E-state index in [1.165, 1.54) is 0 Å². The zero-order valence-electron chi connectivity index (χ0n) is 12.1. The molecule has 108 valence electrons. The van der Waals surface area contributed by atoms with Gasteiger partial charge in [0.2, 0.25) is 11.8 Å². The van der Waals surface area contributed by atoms with Gasteiger partial charge in [-0.1, -0.05) is 13.0 Å². The van der Waals surface area contributed by atoms with Gasteiger partial charge in [-0.05, 0) is 26.7 Å². The molecule has 0 bridgehead atoms. The summed E-state index contributed by atoms with van der Waals surface area (Å²) < 4.78 is 5.42. The van der Waals surface area contributed by atoms with Crippen LogP contribution >= 0.6 is 0 Å². The van der Waals surface area contributed by atoms with Crippen molar-refractivity contribution in [2.45, 2.75) is 45.2 Å². The Bertz CT molecular complexity index is 353. The monoisotopic (exact) mass is 268 g/mol. The third-order valence-corrected chi connectivity index (χ3v) is 3.24. The summed E-state index contributed by atoms with van der Waals surface area (Å²) in [5, 5.41) is 2.76. The van der Waals surface area contributed by atoms with Gasteiger partial charge in [0.15, 0.2) is 0 Å². The van der Waals surface area contributed by atoms with Crippen LogP contribution in [0.1, 0.15) is 33.6 Å². The second kappa shape index (κ2) is 6.70. The van der Waals surface area contributed by atoms with Crippen LogP contribution in [0.4, 0.5) is 0 Å². The fourth-order valence-electron chi connectivity index (χ4n) is 2.18. The molecule has 1 aliphatic heterocycles. The highest BCUT2D eigenvalue weighted by atomic mass is 16.5. The fourth-order valence-corrected chi connectivity index (χ4v) is 2.18. The van der Waals surface area contributed by atoms with Gasteiger partial charge in [0.1, 0.15) is 11.6 Å². The largest absolute Gasteiger partial charge is 0.379 e. The lowest BCUT2D eigenvalue weighted by atomic mass is 9.96. The lowest BCUT2D eigenvalue weighted by Gasteiger charge is -2.42. The lowest BCUT2D eigenvalue weighted by molar-refractivity contribution is -0.154. The van der Waals surface area contributed by atoms with Crippen LogP contribution in [0.25, 0.3) is 0 Å². The second-order valence-electron chi connectivity index (χ2n) is 5.23.